The second-order valence-corrected chi connectivity index (χ2v) is 7.56. The minimum atomic E-state index is -0.263. The van der Waals surface area contributed by atoms with Gasteiger partial charge in [0.25, 0.3) is 0 Å². The van der Waals surface area contributed by atoms with E-state index >= 15 is 0 Å². The van der Waals surface area contributed by atoms with Gasteiger partial charge in [-0.3, -0.25) is 0 Å². The Bertz CT molecular complexity index is 1070. The summed E-state index contributed by atoms with van der Waals surface area (Å²) in [4.78, 5) is 15.2. The molecule has 1 N–H and O–H groups in total. The highest BCUT2D eigenvalue weighted by Crippen LogP contribution is 2.39. The summed E-state index contributed by atoms with van der Waals surface area (Å²) in [6, 6.07) is 15.4. The first-order valence-electron chi connectivity index (χ1n) is 10.0. The summed E-state index contributed by atoms with van der Waals surface area (Å²) in [5.74, 6) is 1.41. The number of aryl methyl sites for hydroxylation is 2. The number of amides is 2. The smallest absolute Gasteiger partial charge is 0.322 e. The molecule has 0 unspecified atom stereocenters. The Hall–Kier alpha value is -3.41. The molecule has 1 atom stereocenters. The Labute approximate surface area is 177 Å². The van der Waals surface area contributed by atoms with E-state index in [0.29, 0.717) is 18.0 Å². The number of hydrogen-bond donors (Lipinski definition) is 1. The quantitative estimate of drug-likeness (QED) is 0.681. The molecule has 0 radical (unpaired) electrons. The second-order valence-electron chi connectivity index (χ2n) is 7.56. The molecule has 0 fully saturated rings. The SMILES string of the molecule is COc1ccc([C@H]2c3cccn3CCN2C(=O)Nc2ccc(C)c(C)c2)c(OC)c1. The average Bonchev–Trinajstić information content (AvgIpc) is 3.24. The number of carbonyl (C=O) groups is 1. The van der Waals surface area contributed by atoms with E-state index in [9.17, 15) is 4.79 Å². The van der Waals surface area contributed by atoms with Crippen molar-refractivity contribution < 1.29 is 14.3 Å². The van der Waals surface area contributed by atoms with E-state index in [1.807, 2.05) is 54.3 Å². The maximum atomic E-state index is 13.3. The van der Waals surface area contributed by atoms with Gasteiger partial charge in [0.05, 0.1) is 14.2 Å². The van der Waals surface area contributed by atoms with Crippen molar-refractivity contribution in [3.8, 4) is 11.5 Å². The van der Waals surface area contributed by atoms with Crippen molar-refractivity contribution in [3.05, 3.63) is 77.1 Å². The predicted molar refractivity (Wildman–Crippen MR) is 117 cm³/mol. The summed E-state index contributed by atoms with van der Waals surface area (Å²) in [6.07, 6.45) is 2.05. The molecule has 0 saturated heterocycles. The molecule has 1 aliphatic rings. The number of urea groups is 1. The minimum Gasteiger partial charge on any atom is -0.497 e. The van der Waals surface area contributed by atoms with Crippen LogP contribution in [0.5, 0.6) is 11.5 Å². The lowest BCUT2D eigenvalue weighted by atomic mass is 9.99. The van der Waals surface area contributed by atoms with Crippen LogP contribution in [0.15, 0.2) is 54.7 Å². The highest BCUT2D eigenvalue weighted by Gasteiger charge is 2.34. The number of fused-ring (bicyclic) bond motifs is 1. The van der Waals surface area contributed by atoms with E-state index < -0.39 is 0 Å². The van der Waals surface area contributed by atoms with Crippen molar-refractivity contribution in [2.75, 3.05) is 26.1 Å². The zero-order valence-electron chi connectivity index (χ0n) is 17.8. The Balaban J connectivity index is 1.72. The first-order valence-corrected chi connectivity index (χ1v) is 10.0. The van der Waals surface area contributed by atoms with Gasteiger partial charge in [0.1, 0.15) is 17.5 Å². The Morgan fingerprint density at radius 1 is 1.00 bits per heavy atom. The number of ether oxygens (including phenoxy) is 2. The van der Waals surface area contributed by atoms with Crippen LogP contribution in [0.25, 0.3) is 0 Å². The van der Waals surface area contributed by atoms with Crippen molar-refractivity contribution in [2.45, 2.75) is 26.4 Å². The van der Waals surface area contributed by atoms with Gasteiger partial charge in [0.15, 0.2) is 0 Å². The Morgan fingerprint density at radius 3 is 2.57 bits per heavy atom. The number of nitrogens with one attached hydrogen (secondary N) is 1. The number of benzene rings is 2. The molecule has 1 aromatic heterocycles. The van der Waals surface area contributed by atoms with E-state index in [1.165, 1.54) is 5.56 Å². The summed E-state index contributed by atoms with van der Waals surface area (Å²) in [6.45, 7) is 5.45. The zero-order valence-corrected chi connectivity index (χ0v) is 17.8. The molecule has 2 heterocycles. The van der Waals surface area contributed by atoms with Crippen LogP contribution in [-0.4, -0.2) is 36.3 Å². The normalized spacial score (nSPS) is 15.5. The first kappa shape index (κ1) is 19.9. The van der Waals surface area contributed by atoms with Crippen LogP contribution >= 0.6 is 0 Å². The van der Waals surface area contributed by atoms with Gasteiger partial charge in [-0.2, -0.15) is 0 Å². The van der Waals surface area contributed by atoms with Crippen LogP contribution in [0.2, 0.25) is 0 Å². The highest BCUT2D eigenvalue weighted by atomic mass is 16.5. The number of anilines is 1. The van der Waals surface area contributed by atoms with Crippen LogP contribution in [0.1, 0.15) is 28.4 Å². The topological polar surface area (TPSA) is 55.7 Å². The van der Waals surface area contributed by atoms with Gasteiger partial charge >= 0.3 is 6.03 Å². The molecule has 0 spiro atoms. The molecule has 0 aliphatic carbocycles. The number of nitrogens with zero attached hydrogens (tertiary/aromatic N) is 2. The molecule has 2 amide bonds. The molecule has 3 aromatic rings. The lowest BCUT2D eigenvalue weighted by molar-refractivity contribution is 0.180. The number of hydrogen-bond acceptors (Lipinski definition) is 3. The van der Waals surface area contributed by atoms with E-state index in [-0.39, 0.29) is 12.1 Å². The van der Waals surface area contributed by atoms with Gasteiger partial charge in [-0.1, -0.05) is 6.07 Å². The fourth-order valence-electron chi connectivity index (χ4n) is 3.99. The van der Waals surface area contributed by atoms with E-state index in [0.717, 1.165) is 29.1 Å². The molecule has 6 nitrogen and oxygen atoms in total. The predicted octanol–water partition coefficient (Wildman–Crippen LogP) is 4.76. The van der Waals surface area contributed by atoms with Crippen LogP contribution < -0.4 is 14.8 Å². The Morgan fingerprint density at radius 2 is 1.83 bits per heavy atom. The summed E-state index contributed by atoms with van der Waals surface area (Å²) in [5.41, 5.74) is 5.12. The molecular formula is C24H27N3O3. The van der Waals surface area contributed by atoms with Crippen molar-refractivity contribution in [2.24, 2.45) is 0 Å². The molecule has 0 saturated carbocycles. The van der Waals surface area contributed by atoms with E-state index in [1.54, 1.807) is 14.2 Å². The summed E-state index contributed by atoms with van der Waals surface area (Å²) >= 11 is 0. The molecular weight excluding hydrogens is 378 g/mol. The molecule has 1 aliphatic heterocycles. The van der Waals surface area contributed by atoms with E-state index in [2.05, 4.69) is 29.1 Å². The van der Waals surface area contributed by atoms with Gasteiger partial charge in [0, 0.05) is 42.3 Å². The summed E-state index contributed by atoms with van der Waals surface area (Å²) in [5, 5.41) is 3.07. The lowest BCUT2D eigenvalue weighted by Crippen LogP contribution is -2.44. The number of rotatable bonds is 4. The maximum Gasteiger partial charge on any atom is 0.322 e. The monoisotopic (exact) mass is 405 g/mol. The lowest BCUT2D eigenvalue weighted by Gasteiger charge is -2.37. The van der Waals surface area contributed by atoms with Crippen LogP contribution in [0, 0.1) is 13.8 Å². The molecule has 0 bridgehead atoms. The van der Waals surface area contributed by atoms with Crippen LogP contribution in [0.4, 0.5) is 10.5 Å². The van der Waals surface area contributed by atoms with Gasteiger partial charge in [-0.25, -0.2) is 4.79 Å². The third-order valence-corrected chi connectivity index (χ3v) is 5.79. The largest absolute Gasteiger partial charge is 0.497 e. The van der Waals surface area contributed by atoms with Gasteiger partial charge in [-0.05, 0) is 61.4 Å². The zero-order chi connectivity index (χ0) is 21.3. The second kappa shape index (κ2) is 8.14. The number of aromatic nitrogens is 1. The fourth-order valence-corrected chi connectivity index (χ4v) is 3.99. The van der Waals surface area contributed by atoms with Crippen molar-refractivity contribution in [3.63, 3.8) is 0 Å². The Kier molecular flexibility index (Phi) is 5.40. The van der Waals surface area contributed by atoms with E-state index in [4.69, 9.17) is 9.47 Å². The van der Waals surface area contributed by atoms with Crippen molar-refractivity contribution in [1.82, 2.24) is 9.47 Å². The van der Waals surface area contributed by atoms with Crippen molar-refractivity contribution >= 4 is 11.7 Å². The number of methoxy groups -OCH3 is 2. The third kappa shape index (κ3) is 3.61. The average molecular weight is 405 g/mol. The van der Waals surface area contributed by atoms with Gasteiger partial charge in [0.2, 0.25) is 0 Å². The molecule has 156 valence electrons. The standard InChI is InChI=1S/C24H27N3O3/c1-16-7-8-18(14-17(16)2)25-24(28)27-13-12-26-11-5-6-21(26)23(27)20-10-9-19(29-3)15-22(20)30-4/h5-11,14-15,23H,12-13H2,1-4H3,(H,25,28)/t23-/m0/s1. The summed E-state index contributed by atoms with van der Waals surface area (Å²) < 4.78 is 13.2. The fraction of sp³-hybridized carbons (Fsp3) is 0.292. The molecule has 4 rings (SSSR count). The van der Waals surface area contributed by atoms with Gasteiger partial charge < -0.3 is 24.3 Å². The van der Waals surface area contributed by atoms with Crippen LogP contribution in [-0.2, 0) is 6.54 Å². The first-order chi connectivity index (χ1) is 14.5. The molecule has 30 heavy (non-hydrogen) atoms. The maximum absolute atomic E-state index is 13.3. The summed E-state index contributed by atoms with van der Waals surface area (Å²) in [7, 11) is 3.27. The molecule has 2 aromatic carbocycles. The molecule has 6 heteroatoms. The number of carbonyl (C=O) groups excluding carboxylic acids is 1. The van der Waals surface area contributed by atoms with Gasteiger partial charge in [-0.15, -0.1) is 0 Å². The van der Waals surface area contributed by atoms with Crippen LogP contribution in [0.3, 0.4) is 0 Å². The highest BCUT2D eigenvalue weighted by molar-refractivity contribution is 5.90. The third-order valence-electron chi connectivity index (χ3n) is 5.79. The van der Waals surface area contributed by atoms with Crippen molar-refractivity contribution in [1.29, 1.82) is 0 Å². The minimum absolute atomic E-state index is 0.131.